The van der Waals surface area contributed by atoms with E-state index in [1.807, 2.05) is 0 Å². The van der Waals surface area contributed by atoms with Gasteiger partial charge in [0.25, 0.3) is 0 Å². The normalized spacial score (nSPS) is 28.2. The van der Waals surface area contributed by atoms with Crippen molar-refractivity contribution >= 4 is 5.97 Å². The molecule has 0 amide bonds. The Labute approximate surface area is 78.0 Å². The number of hydrogen-bond donors (Lipinski definition) is 0. The van der Waals surface area contributed by atoms with Gasteiger partial charge in [0.1, 0.15) is 6.10 Å². The van der Waals surface area contributed by atoms with Crippen LogP contribution in [0.4, 0.5) is 0 Å². The summed E-state index contributed by atoms with van der Waals surface area (Å²) in [5, 5.41) is 0. The van der Waals surface area contributed by atoms with Crippen molar-refractivity contribution in [1.29, 1.82) is 0 Å². The largest absolute Gasteiger partial charge is 0.436 e. The van der Waals surface area contributed by atoms with E-state index in [1.54, 1.807) is 6.08 Å². The molecule has 3 heteroatoms. The molecule has 0 aromatic heterocycles. The quantitative estimate of drug-likeness (QED) is 0.482. The predicted molar refractivity (Wildman–Crippen MR) is 49.0 cm³/mol. The highest BCUT2D eigenvalue weighted by Crippen LogP contribution is 2.24. The van der Waals surface area contributed by atoms with E-state index in [4.69, 9.17) is 9.47 Å². The fourth-order valence-corrected chi connectivity index (χ4v) is 1.27. The molecule has 1 heterocycles. The van der Waals surface area contributed by atoms with Crippen LogP contribution in [0, 0.1) is 0 Å². The minimum Gasteiger partial charge on any atom is -0.436 e. The van der Waals surface area contributed by atoms with E-state index in [0.717, 1.165) is 12.0 Å². The highest BCUT2D eigenvalue weighted by Gasteiger charge is 2.24. The van der Waals surface area contributed by atoms with Crippen molar-refractivity contribution in [2.75, 3.05) is 0 Å². The Morgan fingerprint density at radius 2 is 2.46 bits per heavy atom. The Hall–Kier alpha value is -1.09. The lowest BCUT2D eigenvalue weighted by Gasteiger charge is -2.29. The molecule has 1 saturated heterocycles. The molecular weight excluding hydrogens is 168 g/mol. The van der Waals surface area contributed by atoms with Crippen molar-refractivity contribution < 1.29 is 14.3 Å². The molecule has 0 spiro atoms. The summed E-state index contributed by atoms with van der Waals surface area (Å²) in [5.74, 6) is -0.319. The lowest BCUT2D eigenvalue weighted by Crippen LogP contribution is -2.31. The van der Waals surface area contributed by atoms with Gasteiger partial charge >= 0.3 is 5.97 Å². The molecule has 0 bridgehead atoms. The summed E-state index contributed by atoms with van der Waals surface area (Å²) in [4.78, 5) is 10.6. The Balaban J connectivity index is 2.49. The SMILES string of the molecule is C=C[C@H]1O[C@H](OC(C)=O)CCC1=C. The first-order valence-corrected chi connectivity index (χ1v) is 4.26. The van der Waals surface area contributed by atoms with Crippen molar-refractivity contribution in [3.8, 4) is 0 Å². The molecule has 1 fully saturated rings. The monoisotopic (exact) mass is 182 g/mol. The van der Waals surface area contributed by atoms with Crippen molar-refractivity contribution in [2.24, 2.45) is 0 Å². The Morgan fingerprint density at radius 1 is 1.77 bits per heavy atom. The maximum atomic E-state index is 10.6. The third-order valence-corrected chi connectivity index (χ3v) is 1.91. The highest BCUT2D eigenvalue weighted by molar-refractivity contribution is 5.66. The van der Waals surface area contributed by atoms with E-state index in [0.29, 0.717) is 6.42 Å². The van der Waals surface area contributed by atoms with Gasteiger partial charge in [0.15, 0.2) is 0 Å². The molecule has 0 aromatic rings. The van der Waals surface area contributed by atoms with E-state index < -0.39 is 6.29 Å². The van der Waals surface area contributed by atoms with Crippen LogP contribution in [0.1, 0.15) is 19.8 Å². The zero-order valence-electron chi connectivity index (χ0n) is 7.79. The minimum atomic E-state index is -0.439. The summed E-state index contributed by atoms with van der Waals surface area (Å²) in [6.45, 7) is 8.84. The molecule has 2 atom stereocenters. The second-order valence-corrected chi connectivity index (χ2v) is 3.03. The first-order valence-electron chi connectivity index (χ1n) is 4.26. The second-order valence-electron chi connectivity index (χ2n) is 3.03. The van der Waals surface area contributed by atoms with Crippen LogP contribution in [0.2, 0.25) is 0 Å². The molecule has 0 unspecified atom stereocenters. The molecule has 0 aromatic carbocycles. The van der Waals surface area contributed by atoms with Crippen LogP contribution in [-0.4, -0.2) is 18.4 Å². The lowest BCUT2D eigenvalue weighted by molar-refractivity contribution is -0.186. The number of ether oxygens (including phenoxy) is 2. The van der Waals surface area contributed by atoms with E-state index in [9.17, 15) is 4.79 Å². The van der Waals surface area contributed by atoms with Gasteiger partial charge in [-0.1, -0.05) is 12.7 Å². The molecule has 0 aliphatic carbocycles. The van der Waals surface area contributed by atoms with E-state index in [1.165, 1.54) is 6.92 Å². The summed E-state index contributed by atoms with van der Waals surface area (Å²) in [6.07, 6.45) is 2.54. The van der Waals surface area contributed by atoms with Crippen LogP contribution in [0.3, 0.4) is 0 Å². The molecule has 72 valence electrons. The lowest BCUT2D eigenvalue weighted by atomic mass is 10.0. The fourth-order valence-electron chi connectivity index (χ4n) is 1.27. The van der Waals surface area contributed by atoms with Gasteiger partial charge in [-0.05, 0) is 12.0 Å². The van der Waals surface area contributed by atoms with Crippen molar-refractivity contribution in [3.63, 3.8) is 0 Å². The fraction of sp³-hybridized carbons (Fsp3) is 0.500. The van der Waals surface area contributed by atoms with Gasteiger partial charge < -0.3 is 9.47 Å². The van der Waals surface area contributed by atoms with Crippen molar-refractivity contribution in [3.05, 3.63) is 24.8 Å². The summed E-state index contributed by atoms with van der Waals surface area (Å²) >= 11 is 0. The maximum Gasteiger partial charge on any atom is 0.304 e. The van der Waals surface area contributed by atoms with Crippen LogP contribution >= 0.6 is 0 Å². The van der Waals surface area contributed by atoms with E-state index in [2.05, 4.69) is 13.2 Å². The van der Waals surface area contributed by atoms with E-state index in [-0.39, 0.29) is 12.1 Å². The van der Waals surface area contributed by atoms with Crippen molar-refractivity contribution in [2.45, 2.75) is 32.2 Å². The third-order valence-electron chi connectivity index (χ3n) is 1.91. The highest BCUT2D eigenvalue weighted by atomic mass is 16.7. The predicted octanol–water partition coefficient (Wildman–Crippen LogP) is 1.80. The van der Waals surface area contributed by atoms with Gasteiger partial charge in [-0.25, -0.2) is 0 Å². The van der Waals surface area contributed by atoms with Crippen LogP contribution in [0.25, 0.3) is 0 Å². The number of carbonyl (C=O) groups is 1. The first-order chi connectivity index (χ1) is 6.13. The molecule has 1 aliphatic rings. The number of carbonyl (C=O) groups excluding carboxylic acids is 1. The molecule has 0 N–H and O–H groups in total. The summed E-state index contributed by atoms with van der Waals surface area (Å²) in [7, 11) is 0. The number of hydrogen-bond acceptors (Lipinski definition) is 3. The second kappa shape index (κ2) is 4.23. The topological polar surface area (TPSA) is 35.5 Å². The van der Waals surface area contributed by atoms with Gasteiger partial charge in [-0.2, -0.15) is 0 Å². The molecule has 0 radical (unpaired) electrons. The third kappa shape index (κ3) is 2.70. The zero-order valence-corrected chi connectivity index (χ0v) is 7.79. The van der Waals surface area contributed by atoms with Gasteiger partial charge in [-0.15, -0.1) is 6.58 Å². The summed E-state index contributed by atoms with van der Waals surface area (Å²) in [6, 6.07) is 0. The van der Waals surface area contributed by atoms with Crippen LogP contribution in [0.15, 0.2) is 24.8 Å². The van der Waals surface area contributed by atoms with Crippen LogP contribution in [0.5, 0.6) is 0 Å². The standard InChI is InChI=1S/C10H14O3/c1-4-9-7(2)5-6-10(13-9)12-8(3)11/h4,9-10H,1-2,5-6H2,3H3/t9-,10+/m1/s1. The van der Waals surface area contributed by atoms with Gasteiger partial charge in [-0.3, -0.25) is 4.79 Å². The molecule has 0 saturated carbocycles. The zero-order chi connectivity index (χ0) is 9.84. The average Bonchev–Trinajstić information content (AvgIpc) is 2.07. The Morgan fingerprint density at radius 3 is 3.00 bits per heavy atom. The Bertz CT molecular complexity index is 232. The first kappa shape index (κ1) is 9.99. The number of esters is 1. The summed E-state index contributed by atoms with van der Waals surface area (Å²) in [5.41, 5.74) is 0.985. The van der Waals surface area contributed by atoms with Crippen LogP contribution in [-0.2, 0) is 14.3 Å². The Kier molecular flexibility index (Phi) is 3.25. The molecule has 3 nitrogen and oxygen atoms in total. The molecule has 1 aliphatic heterocycles. The molecule has 13 heavy (non-hydrogen) atoms. The van der Waals surface area contributed by atoms with Crippen LogP contribution < -0.4 is 0 Å². The average molecular weight is 182 g/mol. The number of rotatable bonds is 2. The van der Waals surface area contributed by atoms with Gasteiger partial charge in [0, 0.05) is 13.3 Å². The van der Waals surface area contributed by atoms with E-state index >= 15 is 0 Å². The van der Waals surface area contributed by atoms with Gasteiger partial charge in [0.2, 0.25) is 6.29 Å². The van der Waals surface area contributed by atoms with Crippen molar-refractivity contribution in [1.82, 2.24) is 0 Å². The molecular formula is C10H14O3. The smallest absolute Gasteiger partial charge is 0.304 e. The molecule has 1 rings (SSSR count). The minimum absolute atomic E-state index is 0.182. The van der Waals surface area contributed by atoms with Gasteiger partial charge in [0.05, 0.1) is 0 Å². The maximum absolute atomic E-state index is 10.6. The summed E-state index contributed by atoms with van der Waals surface area (Å²) < 4.78 is 10.3.